The maximum Gasteiger partial charge on any atom is 0.223 e. The molecule has 0 saturated carbocycles. The Balaban J connectivity index is 0.00000192. The van der Waals surface area contributed by atoms with Crippen molar-refractivity contribution in [2.75, 3.05) is 39.3 Å². The van der Waals surface area contributed by atoms with Crippen molar-refractivity contribution in [2.45, 2.75) is 25.3 Å². The molecular weight excluding hydrogens is 317 g/mol. The summed E-state index contributed by atoms with van der Waals surface area (Å²) in [5, 5.41) is 3.26. The van der Waals surface area contributed by atoms with Gasteiger partial charge in [-0.25, -0.2) is 4.39 Å². The van der Waals surface area contributed by atoms with Crippen molar-refractivity contribution in [3.05, 3.63) is 35.6 Å². The minimum atomic E-state index is -0.179. The van der Waals surface area contributed by atoms with Gasteiger partial charge in [-0.2, -0.15) is 0 Å². The molecule has 1 atom stereocenters. The van der Waals surface area contributed by atoms with Gasteiger partial charge < -0.3 is 10.2 Å². The number of benzene rings is 1. The van der Waals surface area contributed by atoms with E-state index in [0.29, 0.717) is 6.42 Å². The van der Waals surface area contributed by atoms with Crippen molar-refractivity contribution < 1.29 is 9.18 Å². The third-order valence-corrected chi connectivity index (χ3v) is 4.68. The number of carbonyl (C=O) groups is 1. The molecule has 0 radical (unpaired) electrons. The number of nitrogens with one attached hydrogen (secondary N) is 1. The summed E-state index contributed by atoms with van der Waals surface area (Å²) in [7, 11) is 0. The van der Waals surface area contributed by atoms with Crippen LogP contribution in [0.15, 0.2) is 24.3 Å². The van der Waals surface area contributed by atoms with E-state index in [9.17, 15) is 9.18 Å². The normalized spacial score (nSPS) is 22.0. The molecule has 0 spiro atoms. The Morgan fingerprint density at radius 3 is 2.78 bits per heavy atom. The van der Waals surface area contributed by atoms with E-state index in [2.05, 4.69) is 10.2 Å². The molecule has 3 rings (SSSR count). The minimum Gasteiger partial charge on any atom is -0.340 e. The number of halogens is 2. The molecule has 2 fully saturated rings. The van der Waals surface area contributed by atoms with E-state index < -0.39 is 0 Å². The molecule has 2 saturated heterocycles. The molecule has 6 heteroatoms. The largest absolute Gasteiger partial charge is 0.340 e. The molecule has 0 aromatic heterocycles. The fourth-order valence-corrected chi connectivity index (χ4v) is 3.50. The van der Waals surface area contributed by atoms with Crippen LogP contribution in [0.5, 0.6) is 0 Å². The lowest BCUT2D eigenvalue weighted by molar-refractivity contribution is -0.132. The zero-order chi connectivity index (χ0) is 15.4. The number of nitrogens with zero attached hydrogens (tertiary/aromatic N) is 2. The fourth-order valence-electron chi connectivity index (χ4n) is 3.50. The van der Waals surface area contributed by atoms with E-state index in [-0.39, 0.29) is 30.2 Å². The summed E-state index contributed by atoms with van der Waals surface area (Å²) < 4.78 is 13.4. The lowest BCUT2D eigenvalue weighted by atomic mass is 10.0. The summed E-state index contributed by atoms with van der Waals surface area (Å²) in [5.41, 5.74) is 1.03. The zero-order valence-electron chi connectivity index (χ0n) is 13.3. The van der Waals surface area contributed by atoms with Gasteiger partial charge >= 0.3 is 0 Å². The molecule has 4 nitrogen and oxygen atoms in total. The molecule has 23 heavy (non-hydrogen) atoms. The van der Waals surface area contributed by atoms with Gasteiger partial charge in [-0.1, -0.05) is 12.1 Å². The van der Waals surface area contributed by atoms with Gasteiger partial charge in [0, 0.05) is 45.2 Å². The number of carbonyl (C=O) groups excluding carboxylic acids is 1. The minimum absolute atomic E-state index is 0. The average Bonchev–Trinajstić information content (AvgIpc) is 3.02. The van der Waals surface area contributed by atoms with Crippen LogP contribution >= 0.6 is 12.4 Å². The molecule has 1 aromatic carbocycles. The van der Waals surface area contributed by atoms with E-state index in [0.717, 1.165) is 57.7 Å². The second kappa shape index (κ2) is 8.62. The summed E-state index contributed by atoms with van der Waals surface area (Å²) in [6, 6.07) is 7.13. The highest BCUT2D eigenvalue weighted by molar-refractivity contribution is 5.85. The van der Waals surface area contributed by atoms with E-state index >= 15 is 0 Å². The molecule has 1 N–H and O–H groups in total. The van der Waals surface area contributed by atoms with Crippen LogP contribution in [0.1, 0.15) is 30.9 Å². The topological polar surface area (TPSA) is 35.6 Å². The Morgan fingerprint density at radius 2 is 2.04 bits per heavy atom. The predicted molar refractivity (Wildman–Crippen MR) is 91.3 cm³/mol. The van der Waals surface area contributed by atoms with Gasteiger partial charge in [0.2, 0.25) is 5.91 Å². The van der Waals surface area contributed by atoms with Crippen LogP contribution in [-0.4, -0.2) is 55.0 Å². The molecule has 2 heterocycles. The van der Waals surface area contributed by atoms with E-state index in [4.69, 9.17) is 0 Å². The molecule has 2 aliphatic rings. The van der Waals surface area contributed by atoms with Crippen molar-refractivity contribution in [1.82, 2.24) is 15.1 Å². The van der Waals surface area contributed by atoms with E-state index in [1.165, 1.54) is 6.07 Å². The monoisotopic (exact) mass is 341 g/mol. The maximum atomic E-state index is 13.4. The third kappa shape index (κ3) is 4.66. The molecule has 2 aliphatic heterocycles. The lowest BCUT2D eigenvalue weighted by Gasteiger charge is -2.29. The van der Waals surface area contributed by atoms with Crippen molar-refractivity contribution in [1.29, 1.82) is 0 Å². The molecule has 128 valence electrons. The van der Waals surface area contributed by atoms with Crippen LogP contribution in [0.2, 0.25) is 0 Å². The zero-order valence-corrected chi connectivity index (χ0v) is 14.2. The predicted octanol–water partition coefficient (Wildman–Crippen LogP) is 2.21. The smallest absolute Gasteiger partial charge is 0.223 e. The SMILES string of the molecule is Cl.O=C(CCN1CCCC1c1cccc(F)c1)N1CCNCC1. The molecule has 1 amide bonds. The van der Waals surface area contributed by atoms with Gasteiger partial charge in [0.15, 0.2) is 0 Å². The molecule has 0 aliphatic carbocycles. The van der Waals surface area contributed by atoms with Crippen molar-refractivity contribution >= 4 is 18.3 Å². The van der Waals surface area contributed by atoms with Crippen molar-refractivity contribution in [3.8, 4) is 0 Å². The first kappa shape index (κ1) is 18.2. The third-order valence-electron chi connectivity index (χ3n) is 4.68. The molecule has 1 unspecified atom stereocenters. The first-order valence-electron chi connectivity index (χ1n) is 8.22. The van der Waals surface area contributed by atoms with Gasteiger partial charge in [-0.15, -0.1) is 12.4 Å². The fraction of sp³-hybridized carbons (Fsp3) is 0.588. The maximum absolute atomic E-state index is 13.4. The number of piperazine rings is 1. The van der Waals surface area contributed by atoms with E-state index in [1.54, 1.807) is 12.1 Å². The number of likely N-dealkylation sites (tertiary alicyclic amines) is 1. The van der Waals surface area contributed by atoms with Crippen LogP contribution in [0, 0.1) is 5.82 Å². The summed E-state index contributed by atoms with van der Waals surface area (Å²) in [5.74, 6) is 0.0626. The quantitative estimate of drug-likeness (QED) is 0.912. The number of hydrogen-bond donors (Lipinski definition) is 1. The summed E-state index contributed by atoms with van der Waals surface area (Å²) in [4.78, 5) is 16.5. The molecular formula is C17H25ClFN3O. The van der Waals surface area contributed by atoms with Gasteiger partial charge in [0.25, 0.3) is 0 Å². The van der Waals surface area contributed by atoms with Gasteiger partial charge in [-0.05, 0) is 37.1 Å². The second-order valence-electron chi connectivity index (χ2n) is 6.13. The Morgan fingerprint density at radius 1 is 1.26 bits per heavy atom. The standard InChI is InChI=1S/C17H24FN3O.ClH/c18-15-4-1-3-14(13-15)16-5-2-9-20(16)10-6-17(22)21-11-7-19-8-12-21;/h1,3-4,13,16,19H,2,5-12H2;1H. The van der Waals surface area contributed by atoms with Gasteiger partial charge in [-0.3, -0.25) is 9.69 Å². The van der Waals surface area contributed by atoms with Crippen LogP contribution in [-0.2, 0) is 4.79 Å². The second-order valence-corrected chi connectivity index (χ2v) is 6.13. The van der Waals surface area contributed by atoms with Gasteiger partial charge in [0.1, 0.15) is 5.82 Å². The first-order valence-corrected chi connectivity index (χ1v) is 8.22. The Bertz CT molecular complexity index is 522. The van der Waals surface area contributed by atoms with Crippen molar-refractivity contribution in [3.63, 3.8) is 0 Å². The van der Waals surface area contributed by atoms with Crippen molar-refractivity contribution in [2.24, 2.45) is 0 Å². The highest BCUT2D eigenvalue weighted by Gasteiger charge is 2.27. The van der Waals surface area contributed by atoms with E-state index in [1.807, 2.05) is 11.0 Å². The Labute approximate surface area is 143 Å². The average molecular weight is 342 g/mol. The first-order chi connectivity index (χ1) is 10.7. The molecule has 1 aromatic rings. The summed E-state index contributed by atoms with van der Waals surface area (Å²) >= 11 is 0. The highest BCUT2D eigenvalue weighted by Crippen LogP contribution is 2.32. The number of rotatable bonds is 4. The Hall–Kier alpha value is -1.17. The lowest BCUT2D eigenvalue weighted by Crippen LogP contribution is -2.47. The van der Waals surface area contributed by atoms with Gasteiger partial charge in [0.05, 0.1) is 0 Å². The highest BCUT2D eigenvalue weighted by atomic mass is 35.5. The summed E-state index contributed by atoms with van der Waals surface area (Å²) in [6.45, 7) is 5.17. The van der Waals surface area contributed by atoms with Crippen LogP contribution in [0.3, 0.4) is 0 Å². The number of amides is 1. The number of hydrogen-bond acceptors (Lipinski definition) is 3. The van der Waals surface area contributed by atoms with Crippen LogP contribution in [0.25, 0.3) is 0 Å². The van der Waals surface area contributed by atoms with Crippen LogP contribution < -0.4 is 5.32 Å². The van der Waals surface area contributed by atoms with Crippen LogP contribution in [0.4, 0.5) is 4.39 Å². The molecule has 0 bridgehead atoms. The summed E-state index contributed by atoms with van der Waals surface area (Å²) in [6.07, 6.45) is 2.72. The Kier molecular flexibility index (Phi) is 6.81.